The summed E-state index contributed by atoms with van der Waals surface area (Å²) in [5, 5.41) is 0. The highest BCUT2D eigenvalue weighted by Gasteiger charge is 2.29. The van der Waals surface area contributed by atoms with Gasteiger partial charge in [-0.1, -0.05) is 12.5 Å². The number of para-hydroxylation sites is 1. The Labute approximate surface area is 206 Å². The molecule has 3 aliphatic rings. The Kier molecular flexibility index (Phi) is 7.48. The molecule has 2 aromatic rings. The molecule has 0 spiro atoms. The highest BCUT2D eigenvalue weighted by atomic mass is 32.2. The first-order chi connectivity index (χ1) is 16.6. The average molecular weight is 505 g/mol. The molecular weight excluding hydrogens is 472 g/mol. The lowest BCUT2D eigenvalue weighted by molar-refractivity contribution is 0.171. The van der Waals surface area contributed by atoms with Crippen LogP contribution < -0.4 is 14.4 Å². The first-order valence-electron chi connectivity index (χ1n) is 12.1. The van der Waals surface area contributed by atoms with Crippen LogP contribution in [-0.4, -0.2) is 87.4 Å². The van der Waals surface area contributed by atoms with Gasteiger partial charge in [0.1, 0.15) is 18.1 Å². The molecule has 10 heteroatoms. The zero-order valence-corrected chi connectivity index (χ0v) is 21.0. The Morgan fingerprint density at radius 1 is 0.941 bits per heavy atom. The normalized spacial score (nSPS) is 19.8. The number of rotatable bonds is 7. The summed E-state index contributed by atoms with van der Waals surface area (Å²) in [6.07, 6.45) is 6.15. The molecule has 5 rings (SSSR count). The average Bonchev–Trinajstić information content (AvgIpc) is 2.89. The molecule has 1 aromatic heterocycles. The smallest absolute Gasteiger partial charge is 0.245 e. The largest absolute Gasteiger partial charge is 0.486 e. The van der Waals surface area contributed by atoms with Crippen LogP contribution in [0.2, 0.25) is 0 Å². The first kappa shape index (κ1) is 23.7. The second kappa shape index (κ2) is 10.7. The number of fused-ring (bicyclic) bond motifs is 1. The lowest BCUT2D eigenvalue weighted by Gasteiger charge is -2.37. The molecule has 2 fully saturated rings. The zero-order valence-electron chi connectivity index (χ0n) is 19.4. The summed E-state index contributed by atoms with van der Waals surface area (Å²) in [5.41, 5.74) is 1.11. The summed E-state index contributed by atoms with van der Waals surface area (Å²) in [6.45, 7) is 7.08. The minimum absolute atomic E-state index is 0.350. The van der Waals surface area contributed by atoms with Crippen molar-refractivity contribution >= 4 is 27.5 Å². The van der Waals surface area contributed by atoms with E-state index in [-0.39, 0.29) is 0 Å². The predicted molar refractivity (Wildman–Crippen MR) is 134 cm³/mol. The van der Waals surface area contributed by atoms with Crippen molar-refractivity contribution in [2.75, 3.05) is 69.7 Å². The van der Waals surface area contributed by atoms with Crippen LogP contribution in [0.5, 0.6) is 11.5 Å². The van der Waals surface area contributed by atoms with E-state index in [1.165, 1.54) is 6.20 Å². The minimum atomic E-state index is -3.49. The van der Waals surface area contributed by atoms with Crippen LogP contribution in [0.4, 0.5) is 5.69 Å². The summed E-state index contributed by atoms with van der Waals surface area (Å²) in [7, 11) is -3.49. The number of hydrogen-bond donors (Lipinski definition) is 0. The third kappa shape index (κ3) is 5.15. The van der Waals surface area contributed by atoms with Gasteiger partial charge in [0, 0.05) is 68.9 Å². The second-order valence-corrected chi connectivity index (χ2v) is 11.8. The van der Waals surface area contributed by atoms with Gasteiger partial charge in [-0.15, -0.1) is 11.8 Å². The molecule has 0 N–H and O–H groups in total. The zero-order chi connectivity index (χ0) is 23.4. The standard InChI is InChI=1S/C24H32N4O4S2/c29-34(30,28-9-2-1-3-10-28)23-19-25-8-7-22(23)33-18-15-26-11-13-27(14-12-26)20-5-4-6-21-24(20)32-17-16-31-21/h4-8,19H,1-3,9-18H2. The van der Waals surface area contributed by atoms with Gasteiger partial charge in [0.05, 0.1) is 5.69 Å². The molecule has 0 bridgehead atoms. The van der Waals surface area contributed by atoms with Crippen molar-refractivity contribution < 1.29 is 17.9 Å². The van der Waals surface area contributed by atoms with E-state index in [1.54, 1.807) is 22.3 Å². The van der Waals surface area contributed by atoms with E-state index in [0.717, 1.165) is 79.8 Å². The van der Waals surface area contributed by atoms with Crippen molar-refractivity contribution in [3.63, 3.8) is 0 Å². The molecule has 0 saturated carbocycles. The number of anilines is 1. The summed E-state index contributed by atoms with van der Waals surface area (Å²) >= 11 is 1.61. The van der Waals surface area contributed by atoms with Crippen LogP contribution in [0.1, 0.15) is 19.3 Å². The lowest BCUT2D eigenvalue weighted by Crippen LogP contribution is -2.47. The molecule has 0 aliphatic carbocycles. The van der Waals surface area contributed by atoms with Gasteiger partial charge in [0.15, 0.2) is 11.5 Å². The molecule has 0 radical (unpaired) electrons. The molecule has 0 atom stereocenters. The molecule has 8 nitrogen and oxygen atoms in total. The number of piperidine rings is 1. The number of pyridine rings is 1. The van der Waals surface area contributed by atoms with E-state index in [2.05, 4.69) is 20.9 Å². The van der Waals surface area contributed by atoms with Gasteiger partial charge in [0.25, 0.3) is 0 Å². The van der Waals surface area contributed by atoms with Crippen molar-refractivity contribution in [2.24, 2.45) is 0 Å². The van der Waals surface area contributed by atoms with Gasteiger partial charge < -0.3 is 14.4 Å². The fourth-order valence-electron chi connectivity index (χ4n) is 4.73. The number of benzene rings is 1. The van der Waals surface area contributed by atoms with E-state index in [0.29, 0.717) is 31.2 Å². The van der Waals surface area contributed by atoms with Crippen LogP contribution in [0.3, 0.4) is 0 Å². The van der Waals surface area contributed by atoms with Crippen molar-refractivity contribution in [2.45, 2.75) is 29.1 Å². The maximum Gasteiger partial charge on any atom is 0.245 e. The summed E-state index contributed by atoms with van der Waals surface area (Å²) < 4.78 is 39.6. The molecule has 4 heterocycles. The highest BCUT2D eigenvalue weighted by molar-refractivity contribution is 8.00. The van der Waals surface area contributed by atoms with E-state index < -0.39 is 10.0 Å². The van der Waals surface area contributed by atoms with Crippen molar-refractivity contribution in [3.05, 3.63) is 36.7 Å². The summed E-state index contributed by atoms with van der Waals surface area (Å²) in [4.78, 5) is 10.1. The first-order valence-corrected chi connectivity index (χ1v) is 14.5. The van der Waals surface area contributed by atoms with Gasteiger partial charge in [-0.2, -0.15) is 4.31 Å². The minimum Gasteiger partial charge on any atom is -0.486 e. The second-order valence-electron chi connectivity index (χ2n) is 8.77. The topological polar surface area (TPSA) is 75.2 Å². The maximum absolute atomic E-state index is 13.2. The molecule has 1 aromatic carbocycles. The number of ether oxygens (including phenoxy) is 2. The van der Waals surface area contributed by atoms with Crippen LogP contribution in [0.25, 0.3) is 0 Å². The van der Waals surface area contributed by atoms with Crippen LogP contribution >= 0.6 is 11.8 Å². The van der Waals surface area contributed by atoms with E-state index >= 15 is 0 Å². The fraction of sp³-hybridized carbons (Fsp3) is 0.542. The Hall–Kier alpha value is -2.01. The van der Waals surface area contributed by atoms with Crippen LogP contribution in [0.15, 0.2) is 46.5 Å². The Balaban J connectivity index is 1.16. The molecular formula is C24H32N4O4S2. The monoisotopic (exact) mass is 504 g/mol. The number of hydrogen-bond acceptors (Lipinski definition) is 8. The third-order valence-corrected chi connectivity index (χ3v) is 9.71. The number of sulfonamides is 1. The number of piperazine rings is 1. The van der Waals surface area contributed by atoms with Crippen molar-refractivity contribution in [1.29, 1.82) is 0 Å². The molecule has 2 saturated heterocycles. The number of nitrogens with zero attached hydrogens (tertiary/aromatic N) is 4. The molecule has 34 heavy (non-hydrogen) atoms. The molecule has 3 aliphatic heterocycles. The van der Waals surface area contributed by atoms with Gasteiger partial charge in [0.2, 0.25) is 10.0 Å². The Morgan fingerprint density at radius 2 is 1.74 bits per heavy atom. The maximum atomic E-state index is 13.2. The number of aromatic nitrogens is 1. The van der Waals surface area contributed by atoms with Crippen LogP contribution in [0, 0.1) is 0 Å². The van der Waals surface area contributed by atoms with Gasteiger partial charge in [-0.05, 0) is 31.0 Å². The van der Waals surface area contributed by atoms with E-state index in [4.69, 9.17) is 9.47 Å². The van der Waals surface area contributed by atoms with Gasteiger partial charge in [-0.3, -0.25) is 9.88 Å². The lowest BCUT2D eigenvalue weighted by atomic mass is 10.2. The number of thioether (sulfide) groups is 1. The molecule has 0 unspecified atom stereocenters. The van der Waals surface area contributed by atoms with Crippen LogP contribution in [-0.2, 0) is 10.0 Å². The Bertz CT molecular complexity index is 1080. The van der Waals surface area contributed by atoms with E-state index in [9.17, 15) is 8.42 Å². The summed E-state index contributed by atoms with van der Waals surface area (Å²) in [5.74, 6) is 2.53. The van der Waals surface area contributed by atoms with Crippen molar-refractivity contribution in [3.8, 4) is 11.5 Å². The SMILES string of the molecule is O=S(=O)(c1cnccc1SCCN1CCN(c2cccc3c2OCCO3)CC1)N1CCCCC1. The molecule has 184 valence electrons. The van der Waals surface area contributed by atoms with Gasteiger partial charge in [-0.25, -0.2) is 8.42 Å². The summed E-state index contributed by atoms with van der Waals surface area (Å²) in [6, 6.07) is 7.92. The van der Waals surface area contributed by atoms with Crippen molar-refractivity contribution in [1.82, 2.24) is 14.2 Å². The predicted octanol–water partition coefficient (Wildman–Crippen LogP) is 2.94. The Morgan fingerprint density at radius 3 is 2.56 bits per heavy atom. The fourth-order valence-corrected chi connectivity index (χ4v) is 7.68. The van der Waals surface area contributed by atoms with E-state index in [1.807, 2.05) is 18.2 Å². The highest BCUT2D eigenvalue weighted by Crippen LogP contribution is 2.39. The van der Waals surface area contributed by atoms with Gasteiger partial charge >= 0.3 is 0 Å². The quantitative estimate of drug-likeness (QED) is 0.533. The third-order valence-electron chi connectivity index (χ3n) is 6.60. The molecule has 0 amide bonds.